The molecule has 1 aliphatic rings. The van der Waals surface area contributed by atoms with Gasteiger partial charge in [-0.15, -0.1) is 0 Å². The third-order valence-electron chi connectivity index (χ3n) is 5.26. The van der Waals surface area contributed by atoms with Crippen LogP contribution in [-0.4, -0.2) is 44.1 Å². The van der Waals surface area contributed by atoms with Gasteiger partial charge in [0.25, 0.3) is 0 Å². The van der Waals surface area contributed by atoms with Crippen LogP contribution < -0.4 is 10.2 Å². The topological polar surface area (TPSA) is 110 Å². The zero-order chi connectivity index (χ0) is 20.9. The van der Waals surface area contributed by atoms with Crippen molar-refractivity contribution in [3.63, 3.8) is 0 Å². The number of nitrogens with zero attached hydrogens (tertiary/aromatic N) is 6. The van der Waals surface area contributed by atoms with Crippen molar-refractivity contribution in [3.8, 4) is 11.4 Å². The van der Waals surface area contributed by atoms with Crippen LogP contribution in [0.4, 0.5) is 5.82 Å². The lowest BCUT2D eigenvalue weighted by atomic mass is 9.95. The van der Waals surface area contributed by atoms with Gasteiger partial charge in [-0.1, -0.05) is 19.0 Å². The summed E-state index contributed by atoms with van der Waals surface area (Å²) < 4.78 is 5.49. The second-order valence-corrected chi connectivity index (χ2v) is 7.78. The number of carbonyl (C=O) groups is 1. The minimum Gasteiger partial charge on any atom is -0.355 e. The molecule has 0 bridgehead atoms. The molecule has 0 radical (unpaired) electrons. The summed E-state index contributed by atoms with van der Waals surface area (Å²) in [5, 5.41) is 7.19. The lowest BCUT2D eigenvalue weighted by Gasteiger charge is -2.33. The van der Waals surface area contributed by atoms with Crippen LogP contribution in [0.15, 0.2) is 47.6 Å². The van der Waals surface area contributed by atoms with Crippen molar-refractivity contribution in [2.45, 2.75) is 32.7 Å². The molecule has 0 aliphatic carbocycles. The highest BCUT2D eigenvalue weighted by molar-refractivity contribution is 5.80. The predicted octanol–water partition coefficient (Wildman–Crippen LogP) is 2.65. The zero-order valence-corrected chi connectivity index (χ0v) is 17.1. The van der Waals surface area contributed by atoms with Gasteiger partial charge in [-0.3, -0.25) is 14.8 Å². The van der Waals surface area contributed by atoms with Crippen molar-refractivity contribution in [3.05, 3.63) is 49.0 Å². The van der Waals surface area contributed by atoms with Gasteiger partial charge in [0.2, 0.25) is 17.6 Å². The minimum absolute atomic E-state index is 0.0107. The van der Waals surface area contributed by atoms with E-state index < -0.39 is 0 Å². The van der Waals surface area contributed by atoms with E-state index in [4.69, 9.17) is 4.52 Å². The highest BCUT2D eigenvalue weighted by Gasteiger charge is 2.31. The van der Waals surface area contributed by atoms with Crippen LogP contribution in [0.2, 0.25) is 0 Å². The summed E-state index contributed by atoms with van der Waals surface area (Å²) in [5.74, 6) is 1.61. The molecule has 156 valence electrons. The molecular formula is C21H25N7O2. The predicted molar refractivity (Wildman–Crippen MR) is 110 cm³/mol. The van der Waals surface area contributed by atoms with Gasteiger partial charge in [-0.05, 0) is 30.9 Å². The number of hydrogen-bond donors (Lipinski definition) is 1. The van der Waals surface area contributed by atoms with Crippen LogP contribution in [0.1, 0.15) is 38.6 Å². The van der Waals surface area contributed by atoms with Crippen molar-refractivity contribution in [1.82, 2.24) is 30.4 Å². The number of piperidine rings is 1. The molecular weight excluding hydrogens is 382 g/mol. The fourth-order valence-electron chi connectivity index (χ4n) is 3.61. The van der Waals surface area contributed by atoms with Crippen LogP contribution in [0.25, 0.3) is 11.4 Å². The number of pyridine rings is 1. The summed E-state index contributed by atoms with van der Waals surface area (Å²) in [6.07, 6.45) is 10.2. The van der Waals surface area contributed by atoms with Crippen molar-refractivity contribution in [1.29, 1.82) is 0 Å². The average Bonchev–Trinajstić information content (AvgIpc) is 3.28. The molecule has 30 heavy (non-hydrogen) atoms. The van der Waals surface area contributed by atoms with Crippen LogP contribution in [-0.2, 0) is 4.79 Å². The molecule has 1 N–H and O–H groups in total. The molecule has 3 aromatic rings. The van der Waals surface area contributed by atoms with E-state index in [9.17, 15) is 4.79 Å². The first-order valence-corrected chi connectivity index (χ1v) is 10.2. The Morgan fingerprint density at radius 2 is 2.10 bits per heavy atom. The quantitative estimate of drug-likeness (QED) is 0.664. The van der Waals surface area contributed by atoms with Gasteiger partial charge in [0.05, 0.1) is 12.1 Å². The third-order valence-corrected chi connectivity index (χ3v) is 5.26. The van der Waals surface area contributed by atoms with Crippen molar-refractivity contribution >= 4 is 11.7 Å². The lowest BCUT2D eigenvalue weighted by molar-refractivity contribution is -0.126. The number of amides is 1. The maximum absolute atomic E-state index is 13.1. The van der Waals surface area contributed by atoms with Gasteiger partial charge < -0.3 is 14.7 Å². The summed E-state index contributed by atoms with van der Waals surface area (Å²) in [5.41, 5.74) is 0.772. The molecule has 9 nitrogen and oxygen atoms in total. The third kappa shape index (κ3) is 4.45. The standard InChI is InChI=1S/C21H25N7O2/c1-14(2)18(21-26-19(27-30-21)15-5-3-7-22-11-15)25-20(29)16-6-4-10-28(13-16)17-12-23-8-9-24-17/h3,5,7-9,11-12,14,16,18H,4,6,10,13H2,1-2H3,(H,25,29). The summed E-state index contributed by atoms with van der Waals surface area (Å²) in [7, 11) is 0. The normalized spacial score (nSPS) is 17.7. The molecule has 0 aromatic carbocycles. The zero-order valence-electron chi connectivity index (χ0n) is 17.1. The van der Waals surface area contributed by atoms with E-state index in [2.05, 4.69) is 35.3 Å². The number of carbonyl (C=O) groups excluding carboxylic acids is 1. The summed E-state index contributed by atoms with van der Waals surface area (Å²) >= 11 is 0. The van der Waals surface area contributed by atoms with E-state index in [-0.39, 0.29) is 23.8 Å². The Balaban J connectivity index is 1.45. The second-order valence-electron chi connectivity index (χ2n) is 7.78. The Bertz CT molecular complexity index is 962. The Morgan fingerprint density at radius 1 is 1.23 bits per heavy atom. The van der Waals surface area contributed by atoms with Gasteiger partial charge in [-0.2, -0.15) is 4.98 Å². The van der Waals surface area contributed by atoms with Gasteiger partial charge in [0.1, 0.15) is 11.9 Å². The fourth-order valence-corrected chi connectivity index (χ4v) is 3.61. The smallest absolute Gasteiger partial charge is 0.249 e. The molecule has 1 fully saturated rings. The highest BCUT2D eigenvalue weighted by atomic mass is 16.5. The summed E-state index contributed by atoms with van der Waals surface area (Å²) in [4.78, 5) is 32.3. The Labute approximate surface area is 175 Å². The number of hydrogen-bond acceptors (Lipinski definition) is 8. The number of anilines is 1. The first kappa shape index (κ1) is 19.9. The molecule has 1 saturated heterocycles. The Morgan fingerprint density at radius 3 is 2.83 bits per heavy atom. The van der Waals surface area contributed by atoms with Gasteiger partial charge in [0, 0.05) is 43.4 Å². The maximum atomic E-state index is 13.1. The van der Waals surface area contributed by atoms with E-state index in [1.54, 1.807) is 31.0 Å². The molecule has 4 rings (SSSR count). The van der Waals surface area contributed by atoms with E-state index in [1.807, 2.05) is 26.0 Å². The van der Waals surface area contributed by atoms with E-state index in [1.165, 1.54) is 0 Å². The molecule has 1 aliphatic heterocycles. The van der Waals surface area contributed by atoms with Crippen molar-refractivity contribution in [2.24, 2.45) is 11.8 Å². The number of aromatic nitrogens is 5. The molecule has 1 amide bonds. The van der Waals surface area contributed by atoms with Gasteiger partial charge >= 0.3 is 0 Å². The van der Waals surface area contributed by atoms with Crippen molar-refractivity contribution in [2.75, 3.05) is 18.0 Å². The first-order valence-electron chi connectivity index (χ1n) is 10.2. The maximum Gasteiger partial charge on any atom is 0.249 e. The van der Waals surface area contributed by atoms with Crippen LogP contribution in [0, 0.1) is 11.8 Å². The van der Waals surface area contributed by atoms with Crippen LogP contribution in [0.5, 0.6) is 0 Å². The first-order chi connectivity index (χ1) is 14.6. The average molecular weight is 407 g/mol. The monoisotopic (exact) mass is 407 g/mol. The largest absolute Gasteiger partial charge is 0.355 e. The summed E-state index contributed by atoms with van der Waals surface area (Å²) in [6, 6.07) is 3.33. The fraction of sp³-hybridized carbons (Fsp3) is 0.429. The molecule has 2 atom stereocenters. The van der Waals surface area contributed by atoms with E-state index in [0.29, 0.717) is 18.3 Å². The molecule has 2 unspecified atom stereocenters. The molecule has 0 spiro atoms. The number of nitrogens with one attached hydrogen (secondary N) is 1. The highest BCUT2D eigenvalue weighted by Crippen LogP contribution is 2.26. The van der Waals surface area contributed by atoms with E-state index in [0.717, 1.165) is 30.8 Å². The SMILES string of the molecule is CC(C)C(NC(=O)C1CCCN(c2cnccn2)C1)c1nc(-c2cccnc2)no1. The molecule has 4 heterocycles. The molecule has 9 heteroatoms. The van der Waals surface area contributed by atoms with E-state index >= 15 is 0 Å². The van der Waals surface area contributed by atoms with Gasteiger partial charge in [-0.25, -0.2) is 4.98 Å². The minimum atomic E-state index is -0.359. The van der Waals surface area contributed by atoms with Gasteiger partial charge in [0.15, 0.2) is 0 Å². The lowest BCUT2D eigenvalue weighted by Crippen LogP contribution is -2.45. The van der Waals surface area contributed by atoms with Crippen molar-refractivity contribution < 1.29 is 9.32 Å². The number of rotatable bonds is 6. The Kier molecular flexibility index (Phi) is 5.97. The van der Waals surface area contributed by atoms with Crippen LogP contribution in [0.3, 0.4) is 0 Å². The second kappa shape index (κ2) is 8.98. The molecule has 0 saturated carbocycles. The summed E-state index contributed by atoms with van der Waals surface area (Å²) in [6.45, 7) is 5.52. The molecule has 3 aromatic heterocycles. The van der Waals surface area contributed by atoms with Crippen LogP contribution >= 0.6 is 0 Å². The Hall–Kier alpha value is -3.36.